The number of nitrogens with two attached hydrogens (primary N) is 1. The van der Waals surface area contributed by atoms with Crippen LogP contribution in [0.4, 0.5) is 10.2 Å². The van der Waals surface area contributed by atoms with E-state index in [1.54, 1.807) is 32.3 Å². The van der Waals surface area contributed by atoms with Gasteiger partial charge < -0.3 is 26.6 Å². The zero-order chi connectivity index (χ0) is 23.5. The van der Waals surface area contributed by atoms with E-state index in [-0.39, 0.29) is 18.0 Å². The number of benzene rings is 1. The lowest BCUT2D eigenvalue weighted by Crippen LogP contribution is -2.24. The second-order valence-corrected chi connectivity index (χ2v) is 8.30. The smallest absolute Gasteiger partial charge is 0.166 e. The van der Waals surface area contributed by atoms with Crippen LogP contribution in [0.3, 0.4) is 0 Å². The molecule has 33 heavy (non-hydrogen) atoms. The predicted molar refractivity (Wildman–Crippen MR) is 128 cm³/mol. The highest BCUT2D eigenvalue weighted by molar-refractivity contribution is 6.48. The molecule has 6 N–H and O–H groups in total. The Balaban J connectivity index is 1.91. The lowest BCUT2D eigenvalue weighted by atomic mass is 9.92. The Morgan fingerprint density at radius 3 is 2.82 bits per heavy atom. The fraction of sp³-hybridized carbons (Fsp3) is 0.333. The highest BCUT2D eigenvalue weighted by atomic mass is 19.1. The van der Waals surface area contributed by atoms with Crippen molar-refractivity contribution in [2.24, 2.45) is 11.0 Å². The standard InChI is InChI=1S/C24H28FN7O/c1-13-19-9-17(25)5-6-18(19)22(27)20(32-29-2)7-15(10-26)23(30-11-14-3-4-14)16-8-21(33-13)24(28)31-12-16/h5-6,8-10,12-14,26-27,29-30H,3-4,7,11H2,1-2H3,(H2,28,31)/b23-15-,26-10?,27-22?,32-20-. The van der Waals surface area contributed by atoms with Crippen LogP contribution in [0, 0.1) is 22.6 Å². The number of pyridine rings is 1. The molecular formula is C24H28FN7O. The molecule has 2 bridgehead atoms. The molecule has 1 aromatic heterocycles. The molecule has 0 radical (unpaired) electrons. The monoisotopic (exact) mass is 449 g/mol. The number of hydrogen-bond acceptors (Lipinski definition) is 8. The minimum atomic E-state index is -0.597. The van der Waals surface area contributed by atoms with Crippen molar-refractivity contribution in [1.82, 2.24) is 15.7 Å². The third kappa shape index (κ3) is 4.87. The number of halogens is 1. The fourth-order valence-corrected chi connectivity index (χ4v) is 3.87. The SMILES string of the molecule is CN/N=C1/C/C(C=N)=C(/NCC2CC2)c2cnc(N)c(c2)OC(C)c2cc(F)ccc2C1=N. The normalized spacial score (nSPS) is 22.0. The second-order valence-electron chi connectivity index (χ2n) is 8.30. The van der Waals surface area contributed by atoms with Crippen LogP contribution >= 0.6 is 0 Å². The molecular weight excluding hydrogens is 421 g/mol. The Morgan fingerprint density at radius 2 is 2.12 bits per heavy atom. The summed E-state index contributed by atoms with van der Waals surface area (Å²) in [6.45, 7) is 2.56. The van der Waals surface area contributed by atoms with E-state index in [2.05, 4.69) is 20.8 Å². The molecule has 1 aliphatic carbocycles. The summed E-state index contributed by atoms with van der Waals surface area (Å²) in [6.07, 6.45) is 4.89. The maximum atomic E-state index is 14.2. The molecule has 172 valence electrons. The molecule has 4 rings (SSSR count). The maximum absolute atomic E-state index is 14.2. The van der Waals surface area contributed by atoms with Gasteiger partial charge in [-0.3, -0.25) is 5.41 Å². The Bertz CT molecular complexity index is 1150. The summed E-state index contributed by atoms with van der Waals surface area (Å²) < 4.78 is 20.3. The highest BCUT2D eigenvalue weighted by Gasteiger charge is 2.25. The molecule has 1 fully saturated rings. The van der Waals surface area contributed by atoms with Crippen LogP contribution in [0.2, 0.25) is 0 Å². The van der Waals surface area contributed by atoms with Gasteiger partial charge in [-0.2, -0.15) is 5.10 Å². The van der Waals surface area contributed by atoms with Crippen LogP contribution in [-0.2, 0) is 0 Å². The van der Waals surface area contributed by atoms with Crippen molar-refractivity contribution in [3.05, 3.63) is 58.5 Å². The van der Waals surface area contributed by atoms with E-state index in [0.717, 1.165) is 17.8 Å². The van der Waals surface area contributed by atoms with Gasteiger partial charge in [-0.25, -0.2) is 9.37 Å². The van der Waals surface area contributed by atoms with Gasteiger partial charge in [-0.05, 0) is 55.5 Å². The van der Waals surface area contributed by atoms with Gasteiger partial charge in [0.1, 0.15) is 11.9 Å². The Kier molecular flexibility index (Phi) is 6.39. The zero-order valence-corrected chi connectivity index (χ0v) is 18.7. The fourth-order valence-electron chi connectivity index (χ4n) is 3.87. The van der Waals surface area contributed by atoms with E-state index >= 15 is 0 Å². The van der Waals surface area contributed by atoms with Crippen molar-refractivity contribution in [3.8, 4) is 5.75 Å². The first-order valence-corrected chi connectivity index (χ1v) is 10.9. The van der Waals surface area contributed by atoms with Crippen LogP contribution in [0.15, 0.2) is 41.1 Å². The average molecular weight is 450 g/mol. The maximum Gasteiger partial charge on any atom is 0.166 e. The summed E-state index contributed by atoms with van der Waals surface area (Å²) in [6, 6.07) is 6.02. The van der Waals surface area contributed by atoms with E-state index in [0.29, 0.717) is 34.1 Å². The topological polar surface area (TPSA) is 132 Å². The zero-order valence-electron chi connectivity index (χ0n) is 18.7. The summed E-state index contributed by atoms with van der Waals surface area (Å²) >= 11 is 0. The summed E-state index contributed by atoms with van der Waals surface area (Å²) in [5, 5.41) is 24.8. The molecule has 8 nitrogen and oxygen atoms in total. The number of aromatic nitrogens is 1. The van der Waals surface area contributed by atoms with Gasteiger partial charge in [-0.15, -0.1) is 0 Å². The number of nitrogens with zero attached hydrogens (tertiary/aromatic N) is 2. The van der Waals surface area contributed by atoms with Crippen LogP contribution in [0.1, 0.15) is 49.0 Å². The molecule has 0 spiro atoms. The summed E-state index contributed by atoms with van der Waals surface area (Å²) in [5.74, 6) is 0.754. The molecule has 1 saturated carbocycles. The molecule has 9 heteroatoms. The average Bonchev–Trinajstić information content (AvgIpc) is 3.63. The number of ether oxygens (including phenoxy) is 1. The van der Waals surface area contributed by atoms with Gasteiger partial charge in [-0.1, -0.05) is 0 Å². The first kappa shape index (κ1) is 22.4. The van der Waals surface area contributed by atoms with Gasteiger partial charge in [0.25, 0.3) is 0 Å². The molecule has 2 heterocycles. The minimum Gasteiger partial charge on any atom is -0.482 e. The van der Waals surface area contributed by atoms with Crippen molar-refractivity contribution >= 4 is 29.2 Å². The van der Waals surface area contributed by atoms with Crippen molar-refractivity contribution in [3.63, 3.8) is 0 Å². The summed E-state index contributed by atoms with van der Waals surface area (Å²) in [7, 11) is 1.66. The summed E-state index contributed by atoms with van der Waals surface area (Å²) in [5.41, 5.74) is 12.5. The van der Waals surface area contributed by atoms with Gasteiger partial charge in [0.05, 0.1) is 11.4 Å². The third-order valence-electron chi connectivity index (χ3n) is 5.85. The third-order valence-corrected chi connectivity index (χ3v) is 5.85. The van der Waals surface area contributed by atoms with Crippen molar-refractivity contribution in [1.29, 1.82) is 10.8 Å². The molecule has 2 aromatic rings. The number of rotatable bonds is 5. The molecule has 1 unspecified atom stereocenters. The number of nitrogen functional groups attached to an aromatic ring is 1. The second kappa shape index (κ2) is 9.40. The van der Waals surface area contributed by atoms with E-state index in [1.165, 1.54) is 31.2 Å². The van der Waals surface area contributed by atoms with Crippen LogP contribution in [-0.4, -0.2) is 36.2 Å². The van der Waals surface area contributed by atoms with Gasteiger partial charge in [0, 0.05) is 54.8 Å². The molecule has 0 amide bonds. The minimum absolute atomic E-state index is 0.131. The lowest BCUT2D eigenvalue weighted by molar-refractivity contribution is 0.227. The number of allylic oxidation sites excluding steroid dienone is 1. The quantitative estimate of drug-likeness (QED) is 0.351. The van der Waals surface area contributed by atoms with E-state index in [1.807, 2.05) is 0 Å². The predicted octanol–water partition coefficient (Wildman–Crippen LogP) is 3.65. The van der Waals surface area contributed by atoms with E-state index < -0.39 is 11.9 Å². The Hall–Kier alpha value is -3.75. The van der Waals surface area contributed by atoms with Gasteiger partial charge in [0.2, 0.25) is 0 Å². The van der Waals surface area contributed by atoms with Gasteiger partial charge >= 0.3 is 0 Å². The molecule has 1 aromatic carbocycles. The largest absolute Gasteiger partial charge is 0.482 e. The molecule has 1 aliphatic heterocycles. The molecule has 1 atom stereocenters. The number of nitrogens with one attached hydrogen (secondary N) is 4. The Labute approximate surface area is 192 Å². The summed E-state index contributed by atoms with van der Waals surface area (Å²) in [4.78, 5) is 4.31. The van der Waals surface area contributed by atoms with Crippen LogP contribution < -0.4 is 21.2 Å². The van der Waals surface area contributed by atoms with Crippen molar-refractivity contribution < 1.29 is 9.13 Å². The molecule has 2 aliphatic rings. The van der Waals surface area contributed by atoms with Crippen molar-refractivity contribution in [2.45, 2.75) is 32.3 Å². The van der Waals surface area contributed by atoms with Crippen molar-refractivity contribution in [2.75, 3.05) is 19.3 Å². The Morgan fingerprint density at radius 1 is 1.33 bits per heavy atom. The van der Waals surface area contributed by atoms with Crippen LogP contribution in [0.5, 0.6) is 5.75 Å². The number of fused-ring (bicyclic) bond motifs is 3. The van der Waals surface area contributed by atoms with Gasteiger partial charge in [0.15, 0.2) is 11.6 Å². The lowest BCUT2D eigenvalue weighted by Gasteiger charge is -2.23. The number of hydrazone groups is 1. The molecule has 0 saturated heterocycles. The van der Waals surface area contributed by atoms with Crippen LogP contribution in [0.25, 0.3) is 5.70 Å². The number of anilines is 1. The van der Waals surface area contributed by atoms with E-state index in [9.17, 15) is 4.39 Å². The number of hydrogen-bond donors (Lipinski definition) is 5. The first-order valence-electron chi connectivity index (χ1n) is 10.9. The van der Waals surface area contributed by atoms with E-state index in [4.69, 9.17) is 21.3 Å². The first-order chi connectivity index (χ1) is 15.9. The highest BCUT2D eigenvalue weighted by Crippen LogP contribution is 2.33.